The number of nitriles is 1. The van der Waals surface area contributed by atoms with Crippen molar-refractivity contribution in [2.24, 2.45) is 0 Å². The molecule has 3 aromatic carbocycles. The van der Waals surface area contributed by atoms with Crippen LogP contribution in [0.2, 0.25) is 0 Å². The molecule has 3 amide bonds. The lowest BCUT2D eigenvalue weighted by Gasteiger charge is -2.32. The maximum atomic E-state index is 13.2. The lowest BCUT2D eigenvalue weighted by molar-refractivity contribution is 0.0713. The van der Waals surface area contributed by atoms with E-state index in [9.17, 15) is 9.59 Å². The summed E-state index contributed by atoms with van der Waals surface area (Å²) < 4.78 is 0. The molecule has 1 aliphatic heterocycles. The molecule has 6 nitrogen and oxygen atoms in total. The zero-order valence-electron chi connectivity index (χ0n) is 20.1. The molecule has 0 spiro atoms. The predicted molar refractivity (Wildman–Crippen MR) is 137 cm³/mol. The molecular weight excluding hydrogens is 436 g/mol. The smallest absolute Gasteiger partial charge is 0.319 e. The lowest BCUT2D eigenvalue weighted by Crippen LogP contribution is -2.38. The van der Waals surface area contributed by atoms with Gasteiger partial charge in [-0.1, -0.05) is 48.5 Å². The molecule has 1 fully saturated rings. The molecule has 1 heterocycles. The Balaban J connectivity index is 1.36. The summed E-state index contributed by atoms with van der Waals surface area (Å²) in [6.45, 7) is 5.20. The van der Waals surface area contributed by atoms with E-state index in [4.69, 9.17) is 5.26 Å². The molecule has 1 aliphatic rings. The number of carbonyl (C=O) groups excluding carboxylic acids is 2. The maximum absolute atomic E-state index is 13.2. The Hall–Kier alpha value is -4.11. The molecule has 0 radical (unpaired) electrons. The molecule has 0 bridgehead atoms. The molecule has 0 aliphatic carbocycles. The third-order valence-electron chi connectivity index (χ3n) is 6.67. The van der Waals surface area contributed by atoms with Crippen LogP contribution in [0.4, 0.5) is 10.5 Å². The Morgan fingerprint density at radius 1 is 1.00 bits per heavy atom. The molecule has 1 atom stereocenters. The summed E-state index contributed by atoms with van der Waals surface area (Å²) in [5, 5.41) is 14.8. The molecule has 0 unspecified atom stereocenters. The normalized spacial score (nSPS) is 14.6. The minimum absolute atomic E-state index is 0.0237. The number of carbonyl (C=O) groups is 2. The first-order valence-corrected chi connectivity index (χ1v) is 12.0. The zero-order chi connectivity index (χ0) is 24.8. The summed E-state index contributed by atoms with van der Waals surface area (Å²) >= 11 is 0. The zero-order valence-corrected chi connectivity index (χ0v) is 20.1. The van der Waals surface area contributed by atoms with Crippen LogP contribution in [0.5, 0.6) is 0 Å². The van der Waals surface area contributed by atoms with Crippen molar-refractivity contribution in [3.63, 3.8) is 0 Å². The Bertz CT molecular complexity index is 1220. The van der Waals surface area contributed by atoms with Crippen molar-refractivity contribution >= 4 is 17.6 Å². The number of nitrogens with one attached hydrogen (secondary N) is 2. The van der Waals surface area contributed by atoms with Crippen molar-refractivity contribution in [2.45, 2.75) is 38.6 Å². The van der Waals surface area contributed by atoms with E-state index in [1.807, 2.05) is 85.5 Å². The summed E-state index contributed by atoms with van der Waals surface area (Å²) in [5.74, 6) is 0.363. The highest BCUT2D eigenvalue weighted by Crippen LogP contribution is 2.29. The molecule has 0 aromatic heterocycles. The topological polar surface area (TPSA) is 85.2 Å². The fourth-order valence-electron chi connectivity index (χ4n) is 4.50. The van der Waals surface area contributed by atoms with Gasteiger partial charge in [-0.2, -0.15) is 5.26 Å². The van der Waals surface area contributed by atoms with Gasteiger partial charge < -0.3 is 15.5 Å². The van der Waals surface area contributed by atoms with Gasteiger partial charge in [0, 0.05) is 24.3 Å². The average molecular weight is 467 g/mol. The number of anilines is 1. The van der Waals surface area contributed by atoms with E-state index in [-0.39, 0.29) is 18.0 Å². The van der Waals surface area contributed by atoms with Crippen LogP contribution < -0.4 is 10.6 Å². The first kappa shape index (κ1) is 24.0. The number of nitrogens with zero attached hydrogens (tertiary/aromatic N) is 2. The Labute approximate surface area is 206 Å². The molecule has 4 rings (SSSR count). The molecule has 35 heavy (non-hydrogen) atoms. The van der Waals surface area contributed by atoms with Crippen LogP contribution in [-0.2, 0) is 0 Å². The fourth-order valence-corrected chi connectivity index (χ4v) is 4.50. The number of hydrogen-bond acceptors (Lipinski definition) is 3. The first-order chi connectivity index (χ1) is 16.9. The molecule has 3 aromatic rings. The number of likely N-dealkylation sites (tertiary alicyclic amines) is 1. The van der Waals surface area contributed by atoms with E-state index in [1.165, 1.54) is 5.56 Å². The minimum atomic E-state index is -0.308. The van der Waals surface area contributed by atoms with Crippen molar-refractivity contribution in [2.75, 3.05) is 18.4 Å². The number of benzene rings is 3. The van der Waals surface area contributed by atoms with E-state index < -0.39 is 0 Å². The highest BCUT2D eigenvalue weighted by molar-refractivity contribution is 5.97. The Morgan fingerprint density at radius 3 is 2.34 bits per heavy atom. The van der Waals surface area contributed by atoms with Gasteiger partial charge in [0.25, 0.3) is 5.91 Å². The van der Waals surface area contributed by atoms with Crippen LogP contribution >= 0.6 is 0 Å². The van der Waals surface area contributed by atoms with Crippen LogP contribution in [-0.4, -0.2) is 29.9 Å². The Morgan fingerprint density at radius 2 is 1.69 bits per heavy atom. The molecule has 1 saturated heterocycles. The highest BCUT2D eigenvalue weighted by Gasteiger charge is 2.25. The quantitative estimate of drug-likeness (QED) is 0.501. The summed E-state index contributed by atoms with van der Waals surface area (Å²) in [7, 11) is 0. The van der Waals surface area contributed by atoms with Gasteiger partial charge in [-0.3, -0.25) is 4.79 Å². The molecule has 0 saturated carbocycles. The monoisotopic (exact) mass is 466 g/mol. The third-order valence-corrected chi connectivity index (χ3v) is 6.67. The van der Waals surface area contributed by atoms with Gasteiger partial charge in [0.05, 0.1) is 17.7 Å². The summed E-state index contributed by atoms with van der Waals surface area (Å²) in [5.41, 5.74) is 4.98. The van der Waals surface area contributed by atoms with Gasteiger partial charge in [-0.05, 0) is 73.6 Å². The van der Waals surface area contributed by atoms with Crippen molar-refractivity contribution in [3.05, 3.63) is 101 Å². The average Bonchev–Trinajstić information content (AvgIpc) is 2.90. The molecular formula is C29H30N4O2. The van der Waals surface area contributed by atoms with E-state index in [0.29, 0.717) is 35.8 Å². The van der Waals surface area contributed by atoms with Crippen molar-refractivity contribution in [3.8, 4) is 6.07 Å². The van der Waals surface area contributed by atoms with Gasteiger partial charge in [0.15, 0.2) is 0 Å². The standard InChI is InChI=1S/C29H30N4O2/c1-20-8-11-26(18-27(20)32-29(35)31-21(2)23-6-4-3-5-7-23)28(34)33-16-14-25(15-17-33)24-12-9-22(19-30)10-13-24/h3-13,18,21,25H,14-17H2,1-2H3,(H2,31,32,35)/t21-/m1/s1. The first-order valence-electron chi connectivity index (χ1n) is 12.0. The van der Waals surface area contributed by atoms with Crippen LogP contribution in [0.1, 0.15) is 64.3 Å². The van der Waals surface area contributed by atoms with Gasteiger partial charge >= 0.3 is 6.03 Å². The summed E-state index contributed by atoms with van der Waals surface area (Å²) in [6.07, 6.45) is 1.77. The molecule has 6 heteroatoms. The van der Waals surface area contributed by atoms with E-state index in [1.54, 1.807) is 6.07 Å². The molecule has 178 valence electrons. The minimum Gasteiger partial charge on any atom is -0.339 e. The largest absolute Gasteiger partial charge is 0.339 e. The third kappa shape index (κ3) is 5.88. The SMILES string of the molecule is Cc1ccc(C(=O)N2CCC(c3ccc(C#N)cc3)CC2)cc1NC(=O)N[C@H](C)c1ccccc1. The number of aryl methyl sites for hydroxylation is 1. The second kappa shape index (κ2) is 10.9. The number of rotatable bonds is 5. The number of urea groups is 1. The van der Waals surface area contributed by atoms with Crippen molar-refractivity contribution in [1.29, 1.82) is 5.26 Å². The second-order valence-electron chi connectivity index (χ2n) is 9.06. The predicted octanol–water partition coefficient (Wildman–Crippen LogP) is 5.77. The summed E-state index contributed by atoms with van der Waals surface area (Å²) in [6, 6.07) is 24.7. The Kier molecular flexibility index (Phi) is 7.47. The number of piperidine rings is 1. The second-order valence-corrected chi connectivity index (χ2v) is 9.06. The number of hydrogen-bond donors (Lipinski definition) is 2. The van der Waals surface area contributed by atoms with Gasteiger partial charge in [-0.15, -0.1) is 0 Å². The van der Waals surface area contributed by atoms with Gasteiger partial charge in [0.2, 0.25) is 0 Å². The van der Waals surface area contributed by atoms with E-state index >= 15 is 0 Å². The van der Waals surface area contributed by atoms with Crippen molar-refractivity contribution < 1.29 is 9.59 Å². The molecule has 2 N–H and O–H groups in total. The van der Waals surface area contributed by atoms with Crippen LogP contribution in [0.25, 0.3) is 0 Å². The number of amides is 3. The fraction of sp³-hybridized carbons (Fsp3) is 0.276. The van der Waals surface area contributed by atoms with Crippen LogP contribution in [0, 0.1) is 18.3 Å². The highest BCUT2D eigenvalue weighted by atomic mass is 16.2. The van der Waals surface area contributed by atoms with Crippen molar-refractivity contribution in [1.82, 2.24) is 10.2 Å². The van der Waals surface area contributed by atoms with Gasteiger partial charge in [-0.25, -0.2) is 4.79 Å². The summed E-state index contributed by atoms with van der Waals surface area (Å²) in [4.78, 5) is 27.7. The van der Waals surface area contributed by atoms with Crippen LogP contribution in [0.3, 0.4) is 0 Å². The van der Waals surface area contributed by atoms with E-state index in [2.05, 4.69) is 16.7 Å². The van der Waals surface area contributed by atoms with Crippen LogP contribution in [0.15, 0.2) is 72.8 Å². The lowest BCUT2D eigenvalue weighted by atomic mass is 9.89. The maximum Gasteiger partial charge on any atom is 0.319 e. The van der Waals surface area contributed by atoms with E-state index in [0.717, 1.165) is 24.0 Å². The van der Waals surface area contributed by atoms with Gasteiger partial charge in [0.1, 0.15) is 0 Å².